The summed E-state index contributed by atoms with van der Waals surface area (Å²) in [5.74, 6) is 0.757. The van der Waals surface area contributed by atoms with Gasteiger partial charge < -0.3 is 0 Å². The summed E-state index contributed by atoms with van der Waals surface area (Å²) in [7, 11) is 1.85. The molecule has 3 aromatic carbocycles. The van der Waals surface area contributed by atoms with E-state index in [0.717, 1.165) is 17.0 Å². The van der Waals surface area contributed by atoms with Crippen LogP contribution in [0.2, 0.25) is 0 Å². The van der Waals surface area contributed by atoms with Crippen LogP contribution < -0.4 is 0 Å². The molecule has 0 atom stereocenters. The van der Waals surface area contributed by atoms with E-state index in [1.54, 1.807) is 0 Å². The summed E-state index contributed by atoms with van der Waals surface area (Å²) >= 11 is 4.31. The molecule has 0 bridgehead atoms. The first-order valence-electron chi connectivity index (χ1n) is 6.98. The van der Waals surface area contributed by atoms with Gasteiger partial charge in [-0.2, -0.15) is 12.6 Å². The van der Waals surface area contributed by atoms with Crippen molar-refractivity contribution in [3.05, 3.63) is 83.4 Å². The van der Waals surface area contributed by atoms with Crippen LogP contribution in [0.3, 0.4) is 0 Å². The van der Waals surface area contributed by atoms with Gasteiger partial charge in [0.15, 0.2) is 0 Å². The number of fused-ring (bicyclic) bond motifs is 1. The maximum Gasteiger partial charge on any atom is 0.0721 e. The lowest BCUT2D eigenvalue weighted by Gasteiger charge is -2.10. The molecule has 1 nitrogen and oxygen atoms in total. The van der Waals surface area contributed by atoms with E-state index in [1.165, 1.54) is 21.9 Å². The van der Waals surface area contributed by atoms with Crippen LogP contribution in [0.5, 0.6) is 0 Å². The number of thiol groups is 1. The summed E-state index contributed by atoms with van der Waals surface area (Å²) < 4.78 is 0. The van der Waals surface area contributed by atoms with E-state index in [0.29, 0.717) is 0 Å². The van der Waals surface area contributed by atoms with Crippen LogP contribution in [-0.4, -0.2) is 12.8 Å². The second kappa shape index (κ2) is 6.15. The van der Waals surface area contributed by atoms with Crippen LogP contribution in [0.4, 0.5) is 0 Å². The molecule has 3 rings (SSSR count). The molecule has 0 spiro atoms. The fraction of sp³-hybridized carbons (Fsp3) is 0.105. The Morgan fingerprint density at radius 2 is 1.62 bits per heavy atom. The zero-order valence-electron chi connectivity index (χ0n) is 12.0. The molecule has 0 aliphatic heterocycles. The van der Waals surface area contributed by atoms with Gasteiger partial charge in [-0.25, -0.2) is 0 Å². The Balaban J connectivity index is 2.14. The van der Waals surface area contributed by atoms with Crippen molar-refractivity contribution in [2.24, 2.45) is 4.99 Å². The Labute approximate surface area is 130 Å². The van der Waals surface area contributed by atoms with Gasteiger partial charge in [-0.15, -0.1) is 0 Å². The second-order valence-corrected chi connectivity index (χ2v) is 5.27. The minimum Gasteiger partial charge on any atom is -0.287 e. The molecule has 3 aromatic rings. The Morgan fingerprint density at radius 3 is 2.33 bits per heavy atom. The third-order valence-corrected chi connectivity index (χ3v) is 4.04. The number of nitrogens with zero attached hydrogens (tertiary/aromatic N) is 1. The molecular formula is C19H17NS. The van der Waals surface area contributed by atoms with Gasteiger partial charge in [-0.05, 0) is 16.3 Å². The van der Waals surface area contributed by atoms with E-state index in [4.69, 9.17) is 0 Å². The van der Waals surface area contributed by atoms with Gasteiger partial charge in [0.25, 0.3) is 0 Å². The van der Waals surface area contributed by atoms with Crippen LogP contribution in [0, 0.1) is 0 Å². The summed E-state index contributed by atoms with van der Waals surface area (Å²) in [5.41, 5.74) is 4.56. The maximum absolute atomic E-state index is 4.53. The monoisotopic (exact) mass is 291 g/mol. The number of hydrogen-bond acceptors (Lipinski definition) is 2. The average Bonchev–Trinajstić information content (AvgIpc) is 2.56. The highest BCUT2D eigenvalue weighted by molar-refractivity contribution is 7.79. The van der Waals surface area contributed by atoms with E-state index < -0.39 is 0 Å². The summed E-state index contributed by atoms with van der Waals surface area (Å²) in [4.78, 5) is 4.53. The van der Waals surface area contributed by atoms with Crippen molar-refractivity contribution in [3.8, 4) is 0 Å². The first-order valence-corrected chi connectivity index (χ1v) is 7.62. The SMILES string of the molecule is C/N=C(/c1ccc(CS)cc1)c1cccc2ccccc12. The van der Waals surface area contributed by atoms with Crippen molar-refractivity contribution in [2.75, 3.05) is 7.05 Å². The number of aliphatic imine (C=N–C) groups is 1. The van der Waals surface area contributed by atoms with Gasteiger partial charge >= 0.3 is 0 Å². The van der Waals surface area contributed by atoms with Gasteiger partial charge in [-0.3, -0.25) is 4.99 Å². The molecule has 0 aliphatic carbocycles. The highest BCUT2D eigenvalue weighted by Gasteiger charge is 2.09. The fourth-order valence-corrected chi connectivity index (χ4v) is 2.82. The molecule has 2 heteroatoms. The van der Waals surface area contributed by atoms with Crippen molar-refractivity contribution in [2.45, 2.75) is 5.75 Å². The van der Waals surface area contributed by atoms with Crippen molar-refractivity contribution in [1.82, 2.24) is 0 Å². The minimum atomic E-state index is 0.757. The van der Waals surface area contributed by atoms with E-state index in [1.807, 2.05) is 7.05 Å². The topological polar surface area (TPSA) is 12.4 Å². The molecule has 0 unspecified atom stereocenters. The van der Waals surface area contributed by atoms with Gasteiger partial charge in [0.2, 0.25) is 0 Å². The zero-order valence-corrected chi connectivity index (χ0v) is 12.8. The lowest BCUT2D eigenvalue weighted by Crippen LogP contribution is -2.04. The van der Waals surface area contributed by atoms with E-state index in [-0.39, 0.29) is 0 Å². The quantitative estimate of drug-likeness (QED) is 0.529. The van der Waals surface area contributed by atoms with Crippen LogP contribution in [0.25, 0.3) is 10.8 Å². The molecule has 0 fully saturated rings. The summed E-state index contributed by atoms with van der Waals surface area (Å²) in [6.07, 6.45) is 0. The predicted octanol–water partition coefficient (Wildman–Crippen LogP) is 4.74. The standard InChI is InChI=1S/C19H17NS/c1-20-19(16-11-9-14(13-21)10-12-16)18-8-4-6-15-5-2-3-7-17(15)18/h2-12,21H,13H2,1H3/b20-19-. The molecule has 21 heavy (non-hydrogen) atoms. The van der Waals surface area contributed by atoms with E-state index >= 15 is 0 Å². The highest BCUT2D eigenvalue weighted by atomic mass is 32.1. The summed E-state index contributed by atoms with van der Waals surface area (Å²) in [6, 6.07) is 23.2. The Hall–Kier alpha value is -2.06. The van der Waals surface area contributed by atoms with Crippen molar-refractivity contribution >= 4 is 29.1 Å². The van der Waals surface area contributed by atoms with Crippen LogP contribution >= 0.6 is 12.6 Å². The first-order chi connectivity index (χ1) is 10.3. The number of benzene rings is 3. The number of hydrogen-bond donors (Lipinski definition) is 1. The number of rotatable bonds is 3. The molecule has 0 N–H and O–H groups in total. The van der Waals surface area contributed by atoms with Gasteiger partial charge in [-0.1, -0.05) is 66.7 Å². The van der Waals surface area contributed by atoms with Gasteiger partial charge in [0.1, 0.15) is 0 Å². The largest absolute Gasteiger partial charge is 0.287 e. The highest BCUT2D eigenvalue weighted by Crippen LogP contribution is 2.22. The van der Waals surface area contributed by atoms with Gasteiger partial charge in [0, 0.05) is 23.9 Å². The van der Waals surface area contributed by atoms with E-state index in [9.17, 15) is 0 Å². The van der Waals surface area contributed by atoms with Crippen LogP contribution in [0.1, 0.15) is 16.7 Å². The maximum atomic E-state index is 4.53. The van der Waals surface area contributed by atoms with Crippen LogP contribution in [-0.2, 0) is 5.75 Å². The summed E-state index contributed by atoms with van der Waals surface area (Å²) in [6.45, 7) is 0. The Morgan fingerprint density at radius 1 is 0.905 bits per heavy atom. The lowest BCUT2D eigenvalue weighted by atomic mass is 9.96. The molecular weight excluding hydrogens is 274 g/mol. The third kappa shape index (κ3) is 2.72. The van der Waals surface area contributed by atoms with Crippen molar-refractivity contribution in [3.63, 3.8) is 0 Å². The lowest BCUT2D eigenvalue weighted by molar-refractivity contribution is 1.39. The minimum absolute atomic E-state index is 0.757. The zero-order chi connectivity index (χ0) is 14.7. The molecule has 0 aromatic heterocycles. The van der Waals surface area contributed by atoms with Crippen LogP contribution in [0.15, 0.2) is 71.7 Å². The normalized spacial score (nSPS) is 11.8. The molecule has 0 radical (unpaired) electrons. The smallest absolute Gasteiger partial charge is 0.0721 e. The molecule has 0 saturated heterocycles. The Kier molecular flexibility index (Phi) is 4.07. The first kappa shape index (κ1) is 13.9. The predicted molar refractivity (Wildman–Crippen MR) is 94.6 cm³/mol. The van der Waals surface area contributed by atoms with Crippen molar-refractivity contribution in [1.29, 1.82) is 0 Å². The fourth-order valence-electron chi connectivity index (χ4n) is 2.60. The van der Waals surface area contributed by atoms with Gasteiger partial charge in [0.05, 0.1) is 5.71 Å². The Bertz CT molecular complexity index is 783. The second-order valence-electron chi connectivity index (χ2n) is 4.95. The molecule has 0 aliphatic rings. The molecule has 104 valence electrons. The average molecular weight is 291 g/mol. The molecule has 0 heterocycles. The van der Waals surface area contributed by atoms with E-state index in [2.05, 4.69) is 84.4 Å². The van der Waals surface area contributed by atoms with Crippen molar-refractivity contribution < 1.29 is 0 Å². The summed E-state index contributed by atoms with van der Waals surface area (Å²) in [5, 5.41) is 2.47. The molecule has 0 amide bonds. The molecule has 0 saturated carbocycles. The third-order valence-electron chi connectivity index (χ3n) is 3.68.